The predicted octanol–water partition coefficient (Wildman–Crippen LogP) is 1.83. The molecule has 2 aromatic heterocycles. The molecule has 0 bridgehead atoms. The average Bonchev–Trinajstić information content (AvgIpc) is 2.95. The maximum atomic E-state index is 12.0. The summed E-state index contributed by atoms with van der Waals surface area (Å²) in [4.78, 5) is 30.1. The smallest absolute Gasteiger partial charge is 0.328 e. The van der Waals surface area contributed by atoms with Crippen LogP contribution in [0.5, 0.6) is 0 Å². The van der Waals surface area contributed by atoms with Gasteiger partial charge < -0.3 is 9.09 Å². The molecule has 1 saturated carbocycles. The van der Waals surface area contributed by atoms with Gasteiger partial charge in [0.2, 0.25) is 11.7 Å². The Morgan fingerprint density at radius 1 is 1.32 bits per heavy atom. The SMILES string of the molecule is Cn1cc(-c2noc(C3C4Cc5c(Cl)cccc5C43)n2)c(=O)[nH]c1=O. The first-order valence-corrected chi connectivity index (χ1v) is 8.33. The van der Waals surface area contributed by atoms with Crippen LogP contribution in [0.3, 0.4) is 0 Å². The zero-order chi connectivity index (χ0) is 17.3. The maximum absolute atomic E-state index is 12.0. The van der Waals surface area contributed by atoms with Gasteiger partial charge in [0, 0.05) is 30.1 Å². The Balaban J connectivity index is 1.49. The fraction of sp³-hybridized carbons (Fsp3) is 0.294. The molecule has 2 aliphatic carbocycles. The molecule has 1 N–H and O–H groups in total. The second-order valence-electron chi connectivity index (χ2n) is 6.60. The van der Waals surface area contributed by atoms with Crippen molar-refractivity contribution in [1.82, 2.24) is 19.7 Å². The predicted molar refractivity (Wildman–Crippen MR) is 89.7 cm³/mol. The van der Waals surface area contributed by atoms with E-state index in [-0.39, 0.29) is 17.3 Å². The summed E-state index contributed by atoms with van der Waals surface area (Å²) < 4.78 is 6.69. The van der Waals surface area contributed by atoms with E-state index in [1.807, 2.05) is 12.1 Å². The van der Waals surface area contributed by atoms with E-state index in [0.717, 1.165) is 11.4 Å². The van der Waals surface area contributed by atoms with Crippen LogP contribution in [0.1, 0.15) is 28.9 Å². The van der Waals surface area contributed by atoms with Gasteiger partial charge in [-0.15, -0.1) is 0 Å². The van der Waals surface area contributed by atoms with Crippen LogP contribution >= 0.6 is 11.6 Å². The molecule has 2 heterocycles. The minimum atomic E-state index is -0.524. The fourth-order valence-corrected chi connectivity index (χ4v) is 4.19. The quantitative estimate of drug-likeness (QED) is 0.756. The lowest BCUT2D eigenvalue weighted by atomic mass is 10.0. The lowest BCUT2D eigenvalue weighted by Crippen LogP contribution is -2.28. The van der Waals surface area contributed by atoms with E-state index in [2.05, 4.69) is 21.2 Å². The van der Waals surface area contributed by atoms with Crippen molar-refractivity contribution < 1.29 is 4.52 Å². The molecule has 2 aliphatic rings. The fourth-order valence-electron chi connectivity index (χ4n) is 3.93. The number of H-pyrrole nitrogens is 1. The molecule has 25 heavy (non-hydrogen) atoms. The summed E-state index contributed by atoms with van der Waals surface area (Å²) in [6.07, 6.45) is 2.32. The molecule has 1 aromatic carbocycles. The maximum Gasteiger partial charge on any atom is 0.328 e. The summed E-state index contributed by atoms with van der Waals surface area (Å²) in [6, 6.07) is 5.97. The summed E-state index contributed by atoms with van der Waals surface area (Å²) >= 11 is 6.26. The topological polar surface area (TPSA) is 93.8 Å². The Morgan fingerprint density at radius 3 is 3.00 bits per heavy atom. The molecule has 3 unspecified atom stereocenters. The normalized spacial score (nSPS) is 23.4. The summed E-state index contributed by atoms with van der Waals surface area (Å²) in [6.45, 7) is 0. The van der Waals surface area contributed by atoms with Crippen LogP contribution in [0.15, 0.2) is 38.5 Å². The first-order valence-electron chi connectivity index (χ1n) is 7.96. The number of nitrogens with zero attached hydrogens (tertiary/aromatic N) is 3. The molecular weight excluding hydrogens is 344 g/mol. The minimum Gasteiger partial charge on any atom is -0.339 e. The van der Waals surface area contributed by atoms with Crippen LogP contribution in [-0.2, 0) is 13.5 Å². The van der Waals surface area contributed by atoms with Gasteiger partial charge in [0.15, 0.2) is 0 Å². The standard InChI is InChI=1S/C17H13ClN4O3/c1-22-6-10(15(23)20-17(22)24)14-19-16(25-21-14)13-9-5-8-7(12(9)13)3-2-4-11(8)18/h2-4,6,9,12-13H,5H2,1H3,(H,20,23,24). The van der Waals surface area contributed by atoms with Crippen molar-refractivity contribution >= 4 is 11.6 Å². The van der Waals surface area contributed by atoms with Crippen LogP contribution in [0, 0.1) is 5.92 Å². The molecule has 0 amide bonds. The molecule has 1 fully saturated rings. The lowest BCUT2D eigenvalue weighted by Gasteiger charge is -2.06. The van der Waals surface area contributed by atoms with Crippen molar-refractivity contribution in [3.63, 3.8) is 0 Å². The van der Waals surface area contributed by atoms with Crippen molar-refractivity contribution in [3.05, 3.63) is 67.3 Å². The summed E-state index contributed by atoms with van der Waals surface area (Å²) in [7, 11) is 1.55. The monoisotopic (exact) mass is 356 g/mol. The Hall–Kier alpha value is -2.67. The van der Waals surface area contributed by atoms with Crippen molar-refractivity contribution in [2.45, 2.75) is 18.3 Å². The third-order valence-corrected chi connectivity index (χ3v) is 5.55. The molecular formula is C17H13ClN4O3. The van der Waals surface area contributed by atoms with Gasteiger partial charge in [-0.05, 0) is 29.5 Å². The number of aryl methyl sites for hydroxylation is 1. The molecule has 8 heteroatoms. The van der Waals surface area contributed by atoms with E-state index < -0.39 is 11.2 Å². The minimum absolute atomic E-state index is 0.166. The summed E-state index contributed by atoms with van der Waals surface area (Å²) in [5.74, 6) is 1.66. The Labute approximate surface area is 146 Å². The lowest BCUT2D eigenvalue weighted by molar-refractivity contribution is 0.374. The van der Waals surface area contributed by atoms with E-state index in [9.17, 15) is 9.59 Å². The highest BCUT2D eigenvalue weighted by atomic mass is 35.5. The van der Waals surface area contributed by atoms with Crippen LogP contribution in [-0.4, -0.2) is 19.7 Å². The second-order valence-corrected chi connectivity index (χ2v) is 7.00. The molecule has 126 valence electrons. The molecule has 5 rings (SSSR count). The molecule has 0 spiro atoms. The van der Waals surface area contributed by atoms with Gasteiger partial charge in [0.1, 0.15) is 5.56 Å². The van der Waals surface area contributed by atoms with E-state index >= 15 is 0 Å². The van der Waals surface area contributed by atoms with Crippen molar-refractivity contribution in [2.24, 2.45) is 13.0 Å². The Bertz CT molecular complexity index is 1130. The van der Waals surface area contributed by atoms with Crippen LogP contribution < -0.4 is 11.2 Å². The molecule has 3 aromatic rings. The van der Waals surface area contributed by atoms with Gasteiger partial charge in [-0.25, -0.2) is 4.79 Å². The largest absolute Gasteiger partial charge is 0.339 e. The van der Waals surface area contributed by atoms with Gasteiger partial charge >= 0.3 is 5.69 Å². The van der Waals surface area contributed by atoms with Gasteiger partial charge in [-0.2, -0.15) is 4.98 Å². The van der Waals surface area contributed by atoms with Crippen molar-refractivity contribution in [3.8, 4) is 11.4 Å². The van der Waals surface area contributed by atoms with E-state index in [1.165, 1.54) is 21.9 Å². The molecule has 0 saturated heterocycles. The van der Waals surface area contributed by atoms with Crippen LogP contribution in [0.2, 0.25) is 5.02 Å². The van der Waals surface area contributed by atoms with Gasteiger partial charge in [-0.3, -0.25) is 9.78 Å². The molecule has 0 radical (unpaired) electrons. The van der Waals surface area contributed by atoms with E-state index in [0.29, 0.717) is 17.7 Å². The van der Waals surface area contributed by atoms with Crippen molar-refractivity contribution in [1.29, 1.82) is 0 Å². The van der Waals surface area contributed by atoms with E-state index in [1.54, 1.807) is 7.05 Å². The van der Waals surface area contributed by atoms with Gasteiger partial charge in [0.25, 0.3) is 5.56 Å². The number of rotatable bonds is 2. The number of aromatic amines is 1. The highest BCUT2D eigenvalue weighted by molar-refractivity contribution is 6.31. The zero-order valence-corrected chi connectivity index (χ0v) is 13.9. The number of benzene rings is 1. The second kappa shape index (κ2) is 4.92. The summed E-state index contributed by atoms with van der Waals surface area (Å²) in [5.41, 5.74) is 1.67. The average molecular weight is 357 g/mol. The first-order chi connectivity index (χ1) is 12.0. The van der Waals surface area contributed by atoms with Gasteiger partial charge in [-0.1, -0.05) is 28.9 Å². The molecule has 7 nitrogen and oxygen atoms in total. The number of halogens is 1. The third kappa shape index (κ3) is 2.05. The highest BCUT2D eigenvalue weighted by Gasteiger charge is 2.59. The van der Waals surface area contributed by atoms with Crippen LogP contribution in [0.4, 0.5) is 0 Å². The summed E-state index contributed by atoms with van der Waals surface area (Å²) in [5, 5.41) is 4.74. The molecule has 3 atom stereocenters. The van der Waals surface area contributed by atoms with Gasteiger partial charge in [0.05, 0.1) is 0 Å². The number of hydrogen-bond donors (Lipinski definition) is 1. The highest BCUT2D eigenvalue weighted by Crippen LogP contribution is 2.66. The number of hydrogen-bond acceptors (Lipinski definition) is 5. The molecule has 0 aliphatic heterocycles. The number of nitrogens with one attached hydrogen (secondary N) is 1. The number of fused-ring (bicyclic) bond motifs is 3. The van der Waals surface area contributed by atoms with E-state index in [4.69, 9.17) is 16.1 Å². The number of aromatic nitrogens is 4. The van der Waals surface area contributed by atoms with Crippen molar-refractivity contribution in [2.75, 3.05) is 0 Å². The Morgan fingerprint density at radius 2 is 2.16 bits per heavy atom. The van der Waals surface area contributed by atoms with Crippen LogP contribution in [0.25, 0.3) is 11.4 Å². The Kier molecular flexibility index (Phi) is 2.88. The zero-order valence-electron chi connectivity index (χ0n) is 13.2. The first kappa shape index (κ1) is 14.7. The third-order valence-electron chi connectivity index (χ3n) is 5.20.